The second-order valence-electron chi connectivity index (χ2n) is 9.20. The highest BCUT2D eigenvalue weighted by Gasteiger charge is 2.51. The lowest BCUT2D eigenvalue weighted by Crippen LogP contribution is -2.62. The van der Waals surface area contributed by atoms with Gasteiger partial charge in [-0.2, -0.15) is 0 Å². The highest BCUT2D eigenvalue weighted by Crippen LogP contribution is 2.42. The third-order valence-corrected chi connectivity index (χ3v) is 7.88. The van der Waals surface area contributed by atoms with E-state index in [0.717, 1.165) is 68.5 Å². The van der Waals surface area contributed by atoms with Gasteiger partial charge in [0.05, 0.1) is 32.9 Å². The van der Waals surface area contributed by atoms with Crippen LogP contribution in [0.3, 0.4) is 0 Å². The van der Waals surface area contributed by atoms with Crippen LogP contribution < -0.4 is 9.64 Å². The number of hydrogen-bond donors (Lipinski definition) is 0. The molecule has 1 spiro atoms. The molecule has 0 saturated carbocycles. The molecule has 7 nitrogen and oxygen atoms in total. The van der Waals surface area contributed by atoms with Crippen molar-refractivity contribution < 1.29 is 18.6 Å². The van der Waals surface area contributed by atoms with Gasteiger partial charge < -0.3 is 19.1 Å². The molecule has 4 fully saturated rings. The number of benzene rings is 1. The summed E-state index contributed by atoms with van der Waals surface area (Å²) in [5.41, 5.74) is 2.76. The molecular weight excluding hydrogens is 419 g/mol. The van der Waals surface area contributed by atoms with Gasteiger partial charge in [0.2, 0.25) is 5.13 Å². The predicted molar refractivity (Wildman–Crippen MR) is 114 cm³/mol. The lowest BCUT2D eigenvalue weighted by atomic mass is 9.86. The normalized spacial score (nSPS) is 26.7. The molecule has 1 aromatic heterocycles. The third kappa shape index (κ3) is 3.82. The minimum atomic E-state index is -0.189. The largest absolute Gasteiger partial charge is 0.485 e. The Labute approximate surface area is 185 Å². The maximum Gasteiger partial charge on any atom is 0.208 e. The molecule has 1 atom stereocenters. The van der Waals surface area contributed by atoms with E-state index in [1.165, 1.54) is 6.07 Å². The number of rotatable bonds is 5. The van der Waals surface area contributed by atoms with Gasteiger partial charge in [-0.25, -0.2) is 4.39 Å². The van der Waals surface area contributed by atoms with Crippen LogP contribution in [0.4, 0.5) is 9.52 Å². The Kier molecular flexibility index (Phi) is 5.09. The van der Waals surface area contributed by atoms with E-state index in [4.69, 9.17) is 14.2 Å². The van der Waals surface area contributed by atoms with Crippen molar-refractivity contribution in [2.24, 2.45) is 0 Å². The van der Waals surface area contributed by atoms with Crippen LogP contribution in [0.15, 0.2) is 23.7 Å². The molecule has 166 valence electrons. The van der Waals surface area contributed by atoms with Crippen molar-refractivity contribution in [1.82, 2.24) is 15.1 Å². The third-order valence-electron chi connectivity index (χ3n) is 7.13. The Morgan fingerprint density at radius 3 is 2.71 bits per heavy atom. The van der Waals surface area contributed by atoms with Crippen LogP contribution in [0, 0.1) is 5.82 Å². The summed E-state index contributed by atoms with van der Waals surface area (Å²) in [6.45, 7) is 5.87. The van der Waals surface area contributed by atoms with Gasteiger partial charge in [-0.1, -0.05) is 11.3 Å². The average molecular weight is 447 g/mol. The molecule has 0 amide bonds. The van der Waals surface area contributed by atoms with E-state index < -0.39 is 0 Å². The first kappa shape index (κ1) is 19.8. The van der Waals surface area contributed by atoms with Gasteiger partial charge in [0.1, 0.15) is 28.8 Å². The lowest BCUT2D eigenvalue weighted by Gasteiger charge is -2.47. The summed E-state index contributed by atoms with van der Waals surface area (Å²) in [6.07, 6.45) is 3.20. The van der Waals surface area contributed by atoms with E-state index in [0.29, 0.717) is 25.2 Å². The first-order valence-corrected chi connectivity index (χ1v) is 12.0. The monoisotopic (exact) mass is 446 g/mol. The molecule has 4 aliphatic rings. The minimum Gasteiger partial charge on any atom is -0.485 e. The van der Waals surface area contributed by atoms with Crippen LogP contribution in [0.1, 0.15) is 30.7 Å². The number of piperidine rings is 1. The zero-order chi connectivity index (χ0) is 20.8. The quantitative estimate of drug-likeness (QED) is 0.700. The number of aromatic nitrogens is 2. The molecule has 0 N–H and O–H groups in total. The number of halogens is 1. The van der Waals surface area contributed by atoms with Gasteiger partial charge in [0.15, 0.2) is 0 Å². The Morgan fingerprint density at radius 1 is 1.16 bits per heavy atom. The van der Waals surface area contributed by atoms with E-state index in [1.807, 2.05) is 0 Å². The van der Waals surface area contributed by atoms with Crippen LogP contribution in [-0.2, 0) is 9.47 Å². The number of hydrogen-bond acceptors (Lipinski definition) is 8. The Hall–Kier alpha value is -1.81. The Balaban J connectivity index is 1.05. The van der Waals surface area contributed by atoms with Gasteiger partial charge in [0.25, 0.3) is 0 Å². The van der Waals surface area contributed by atoms with Gasteiger partial charge in [-0.3, -0.25) is 4.90 Å². The zero-order valence-corrected chi connectivity index (χ0v) is 18.2. The fourth-order valence-electron chi connectivity index (χ4n) is 5.35. The maximum atomic E-state index is 14.0. The predicted octanol–water partition coefficient (Wildman–Crippen LogP) is 2.68. The fourth-order valence-corrected chi connectivity index (χ4v) is 5.91. The average Bonchev–Trinajstić information content (AvgIpc) is 3.41. The van der Waals surface area contributed by atoms with Gasteiger partial charge >= 0.3 is 0 Å². The topological polar surface area (TPSA) is 60.0 Å². The lowest BCUT2D eigenvalue weighted by molar-refractivity contribution is -0.0801. The smallest absolute Gasteiger partial charge is 0.208 e. The summed E-state index contributed by atoms with van der Waals surface area (Å²) in [7, 11) is 0. The standard InChI is InChI=1S/C22H27FN4O3S/c23-16-1-2-20(30-18-10-28-11-18)19(7-16)15-3-5-26(6-4-15)17-8-22(29-9-17)12-27(13-22)21-25-24-14-31-21/h1-2,7,14-15,17-18H,3-6,8-13H2/t17-/m0/s1. The second kappa shape index (κ2) is 7.95. The molecule has 6 rings (SSSR count). The van der Waals surface area contributed by atoms with E-state index in [1.54, 1.807) is 29.0 Å². The summed E-state index contributed by atoms with van der Waals surface area (Å²) in [5, 5.41) is 9.08. The SMILES string of the molecule is Fc1ccc(OC2COC2)c(C2CCN([C@@H]3COC4(C3)CN(c3nncs3)C4)CC2)c1. The minimum absolute atomic E-state index is 0.0262. The van der Waals surface area contributed by atoms with Gasteiger partial charge in [-0.05, 0) is 56.5 Å². The number of ether oxygens (including phenoxy) is 3. The molecule has 1 aromatic carbocycles. The molecule has 4 aliphatic heterocycles. The molecule has 4 saturated heterocycles. The van der Waals surface area contributed by atoms with E-state index >= 15 is 0 Å². The van der Waals surface area contributed by atoms with E-state index in [-0.39, 0.29) is 17.5 Å². The molecule has 0 radical (unpaired) electrons. The van der Waals surface area contributed by atoms with Gasteiger partial charge in [-0.15, -0.1) is 10.2 Å². The molecule has 5 heterocycles. The van der Waals surface area contributed by atoms with Gasteiger partial charge in [0, 0.05) is 11.6 Å². The highest BCUT2D eigenvalue weighted by atomic mass is 32.1. The van der Waals surface area contributed by atoms with Crippen molar-refractivity contribution in [1.29, 1.82) is 0 Å². The number of anilines is 1. The van der Waals surface area contributed by atoms with Crippen LogP contribution in [-0.4, -0.2) is 78.8 Å². The zero-order valence-electron chi connectivity index (χ0n) is 17.4. The molecular formula is C22H27FN4O3S. The molecule has 0 bridgehead atoms. The van der Waals surface area contributed by atoms with Crippen LogP contribution in [0.5, 0.6) is 5.75 Å². The van der Waals surface area contributed by atoms with Crippen molar-refractivity contribution in [3.63, 3.8) is 0 Å². The summed E-state index contributed by atoms with van der Waals surface area (Å²) in [4.78, 5) is 4.82. The van der Waals surface area contributed by atoms with Crippen molar-refractivity contribution in [3.05, 3.63) is 35.1 Å². The Bertz CT molecular complexity index is 911. The first-order chi connectivity index (χ1) is 15.2. The summed E-state index contributed by atoms with van der Waals surface area (Å²) in [5.74, 6) is 0.962. The summed E-state index contributed by atoms with van der Waals surface area (Å²) < 4.78 is 31.6. The van der Waals surface area contributed by atoms with Crippen LogP contribution in [0.2, 0.25) is 0 Å². The molecule has 9 heteroatoms. The van der Waals surface area contributed by atoms with Crippen LogP contribution in [0.25, 0.3) is 0 Å². The summed E-state index contributed by atoms with van der Waals surface area (Å²) in [6, 6.07) is 5.41. The molecule has 31 heavy (non-hydrogen) atoms. The number of likely N-dealkylation sites (tertiary alicyclic amines) is 1. The molecule has 0 unspecified atom stereocenters. The van der Waals surface area contributed by atoms with E-state index in [9.17, 15) is 4.39 Å². The van der Waals surface area contributed by atoms with E-state index in [2.05, 4.69) is 20.0 Å². The summed E-state index contributed by atoms with van der Waals surface area (Å²) >= 11 is 1.58. The van der Waals surface area contributed by atoms with Crippen molar-refractivity contribution in [2.75, 3.05) is 50.9 Å². The molecule has 2 aromatic rings. The van der Waals surface area contributed by atoms with Crippen LogP contribution >= 0.6 is 11.3 Å². The van der Waals surface area contributed by atoms with Crippen molar-refractivity contribution >= 4 is 16.5 Å². The Morgan fingerprint density at radius 2 is 2.00 bits per heavy atom. The first-order valence-electron chi connectivity index (χ1n) is 11.1. The van der Waals surface area contributed by atoms with Crippen molar-refractivity contribution in [2.45, 2.75) is 42.9 Å². The highest BCUT2D eigenvalue weighted by molar-refractivity contribution is 7.13. The maximum absolute atomic E-state index is 14.0. The number of nitrogens with zero attached hydrogens (tertiary/aromatic N) is 4. The van der Waals surface area contributed by atoms with Crippen molar-refractivity contribution in [3.8, 4) is 5.75 Å². The second-order valence-corrected chi connectivity index (χ2v) is 10.0. The molecule has 0 aliphatic carbocycles. The fraction of sp³-hybridized carbons (Fsp3) is 0.636.